The molecule has 0 saturated carbocycles. The van der Waals surface area contributed by atoms with E-state index in [1.54, 1.807) is 23.1 Å². The summed E-state index contributed by atoms with van der Waals surface area (Å²) >= 11 is 9.54. The van der Waals surface area contributed by atoms with Gasteiger partial charge in [-0.15, -0.1) is 0 Å². The molecular weight excluding hydrogens is 344 g/mol. The number of halogens is 2. The highest BCUT2D eigenvalue weighted by molar-refractivity contribution is 9.10. The van der Waals surface area contributed by atoms with Crippen LogP contribution in [0.25, 0.3) is 0 Å². The summed E-state index contributed by atoms with van der Waals surface area (Å²) in [6.45, 7) is 1.22. The van der Waals surface area contributed by atoms with E-state index in [2.05, 4.69) is 21.2 Å². The summed E-state index contributed by atoms with van der Waals surface area (Å²) in [5.41, 5.74) is 0.487. The molecule has 2 aliphatic rings. The molecule has 2 fully saturated rings. The van der Waals surface area contributed by atoms with Crippen molar-refractivity contribution in [2.24, 2.45) is 5.92 Å². The molecule has 2 amide bonds. The van der Waals surface area contributed by atoms with E-state index >= 15 is 0 Å². The lowest BCUT2D eigenvalue weighted by Gasteiger charge is -2.36. The van der Waals surface area contributed by atoms with Gasteiger partial charge >= 0.3 is 0 Å². The van der Waals surface area contributed by atoms with E-state index in [-0.39, 0.29) is 23.8 Å². The number of rotatable bonds is 1. The normalized spacial score (nSPS) is 25.3. The predicted octanol–water partition coefficient (Wildman–Crippen LogP) is 2.45. The van der Waals surface area contributed by atoms with Gasteiger partial charge in [0.05, 0.1) is 22.5 Å². The maximum absolute atomic E-state index is 12.7. The van der Waals surface area contributed by atoms with E-state index in [1.807, 2.05) is 0 Å². The molecule has 20 heavy (non-hydrogen) atoms. The average molecular weight is 358 g/mol. The smallest absolute Gasteiger partial charge is 0.255 e. The Labute approximate surface area is 130 Å². The fourth-order valence-corrected chi connectivity index (χ4v) is 3.60. The molecule has 3 rings (SSSR count). The van der Waals surface area contributed by atoms with Crippen LogP contribution in [0.4, 0.5) is 0 Å². The lowest BCUT2D eigenvalue weighted by atomic mass is 9.91. The van der Waals surface area contributed by atoms with Crippen molar-refractivity contribution in [3.8, 4) is 0 Å². The van der Waals surface area contributed by atoms with Crippen LogP contribution in [0.1, 0.15) is 23.2 Å². The number of carbonyl (C=O) groups excluding carboxylic acids is 2. The second kappa shape index (κ2) is 5.37. The third-order valence-electron chi connectivity index (χ3n) is 4.04. The summed E-state index contributed by atoms with van der Waals surface area (Å²) in [6, 6.07) is 5.28. The van der Waals surface area contributed by atoms with Crippen molar-refractivity contribution in [1.29, 1.82) is 0 Å². The van der Waals surface area contributed by atoms with Gasteiger partial charge < -0.3 is 10.2 Å². The van der Waals surface area contributed by atoms with E-state index in [0.29, 0.717) is 28.1 Å². The van der Waals surface area contributed by atoms with Crippen molar-refractivity contribution in [2.75, 3.05) is 13.1 Å². The second-order valence-electron chi connectivity index (χ2n) is 5.16. The van der Waals surface area contributed by atoms with Gasteiger partial charge in [-0.25, -0.2) is 0 Å². The number of nitrogens with zero attached hydrogens (tertiary/aromatic N) is 1. The Bertz CT molecular complexity index is 578. The Kier molecular flexibility index (Phi) is 3.73. The minimum Gasteiger partial charge on any atom is -0.354 e. The molecule has 0 aliphatic carbocycles. The number of carbonyl (C=O) groups is 2. The SMILES string of the molecule is O=C1NCC2C1CCCN2C(=O)c1cccc(Br)c1Cl. The summed E-state index contributed by atoms with van der Waals surface area (Å²) in [7, 11) is 0. The lowest BCUT2D eigenvalue weighted by Crippen LogP contribution is -2.48. The van der Waals surface area contributed by atoms with Gasteiger partial charge in [-0.2, -0.15) is 0 Å². The number of nitrogens with one attached hydrogen (secondary N) is 1. The highest BCUT2D eigenvalue weighted by Crippen LogP contribution is 2.32. The Balaban J connectivity index is 1.90. The van der Waals surface area contributed by atoms with E-state index in [1.165, 1.54) is 0 Å². The maximum atomic E-state index is 12.7. The standard InChI is InChI=1S/C14H14BrClN2O2/c15-10-5-1-3-9(12(10)16)14(20)18-6-2-4-8-11(18)7-17-13(8)19/h1,3,5,8,11H,2,4,6-7H2,(H,17,19). The Morgan fingerprint density at radius 1 is 1.45 bits per heavy atom. The van der Waals surface area contributed by atoms with Crippen LogP contribution < -0.4 is 5.32 Å². The van der Waals surface area contributed by atoms with Gasteiger partial charge in [-0.05, 0) is 40.9 Å². The van der Waals surface area contributed by atoms with Crippen molar-refractivity contribution >= 4 is 39.3 Å². The molecule has 2 unspecified atom stereocenters. The van der Waals surface area contributed by atoms with E-state index in [4.69, 9.17) is 11.6 Å². The first-order valence-corrected chi connectivity index (χ1v) is 7.79. The minimum atomic E-state index is -0.0949. The van der Waals surface area contributed by atoms with Gasteiger partial charge in [0.2, 0.25) is 5.91 Å². The minimum absolute atomic E-state index is 0.0428. The van der Waals surface area contributed by atoms with E-state index in [9.17, 15) is 9.59 Å². The number of likely N-dealkylation sites (tertiary alicyclic amines) is 1. The number of piperidine rings is 1. The monoisotopic (exact) mass is 356 g/mol. The van der Waals surface area contributed by atoms with Crippen molar-refractivity contribution in [2.45, 2.75) is 18.9 Å². The van der Waals surface area contributed by atoms with Gasteiger partial charge in [0.1, 0.15) is 0 Å². The number of amides is 2. The number of hydrogen-bond donors (Lipinski definition) is 1. The van der Waals surface area contributed by atoms with Crippen LogP contribution in [0.5, 0.6) is 0 Å². The van der Waals surface area contributed by atoms with E-state index < -0.39 is 0 Å². The molecule has 2 saturated heterocycles. The molecule has 2 heterocycles. The Morgan fingerprint density at radius 2 is 2.25 bits per heavy atom. The summed E-state index contributed by atoms with van der Waals surface area (Å²) < 4.78 is 0.708. The summed E-state index contributed by atoms with van der Waals surface area (Å²) in [5, 5.41) is 3.28. The van der Waals surface area contributed by atoms with Crippen LogP contribution in [0.15, 0.2) is 22.7 Å². The van der Waals surface area contributed by atoms with Crippen molar-refractivity contribution < 1.29 is 9.59 Å². The Morgan fingerprint density at radius 3 is 3.05 bits per heavy atom. The van der Waals surface area contributed by atoms with Crippen LogP contribution in [-0.2, 0) is 4.79 Å². The zero-order chi connectivity index (χ0) is 14.3. The van der Waals surface area contributed by atoms with Crippen LogP contribution in [0, 0.1) is 5.92 Å². The summed E-state index contributed by atoms with van der Waals surface area (Å²) in [5.74, 6) is -0.103. The first-order valence-electron chi connectivity index (χ1n) is 6.62. The fourth-order valence-electron chi connectivity index (χ4n) is 3.03. The lowest BCUT2D eigenvalue weighted by molar-refractivity contribution is -0.123. The molecule has 1 N–H and O–H groups in total. The average Bonchev–Trinajstić information content (AvgIpc) is 2.83. The molecule has 1 aromatic rings. The van der Waals surface area contributed by atoms with Crippen molar-refractivity contribution in [3.63, 3.8) is 0 Å². The van der Waals surface area contributed by atoms with Crippen molar-refractivity contribution in [3.05, 3.63) is 33.3 Å². The van der Waals surface area contributed by atoms with Gasteiger partial charge in [0.25, 0.3) is 5.91 Å². The number of fused-ring (bicyclic) bond motifs is 1. The van der Waals surface area contributed by atoms with Crippen LogP contribution in [0.2, 0.25) is 5.02 Å². The molecule has 4 nitrogen and oxygen atoms in total. The van der Waals surface area contributed by atoms with Crippen molar-refractivity contribution in [1.82, 2.24) is 10.2 Å². The van der Waals surface area contributed by atoms with Gasteiger partial charge in [-0.1, -0.05) is 17.7 Å². The number of hydrogen-bond acceptors (Lipinski definition) is 2. The predicted molar refractivity (Wildman–Crippen MR) is 79.7 cm³/mol. The van der Waals surface area contributed by atoms with Crippen LogP contribution >= 0.6 is 27.5 Å². The molecule has 106 valence electrons. The molecule has 0 aromatic heterocycles. The van der Waals surface area contributed by atoms with Gasteiger partial charge in [0, 0.05) is 17.6 Å². The summed E-state index contributed by atoms with van der Waals surface area (Å²) in [6.07, 6.45) is 1.71. The topological polar surface area (TPSA) is 49.4 Å². The molecule has 2 atom stereocenters. The highest BCUT2D eigenvalue weighted by Gasteiger charge is 2.43. The number of benzene rings is 1. The molecule has 1 aromatic carbocycles. The zero-order valence-corrected chi connectivity index (χ0v) is 13.1. The largest absolute Gasteiger partial charge is 0.354 e. The molecule has 2 aliphatic heterocycles. The first kappa shape index (κ1) is 13.9. The Hall–Kier alpha value is -1.07. The molecule has 0 radical (unpaired) electrons. The summed E-state index contributed by atoms with van der Waals surface area (Å²) in [4.78, 5) is 26.2. The van der Waals surface area contributed by atoms with Crippen LogP contribution in [-0.4, -0.2) is 35.8 Å². The fraction of sp³-hybridized carbons (Fsp3) is 0.429. The molecule has 0 bridgehead atoms. The third-order valence-corrected chi connectivity index (χ3v) is 5.34. The second-order valence-corrected chi connectivity index (χ2v) is 6.39. The quantitative estimate of drug-likeness (QED) is 0.839. The maximum Gasteiger partial charge on any atom is 0.255 e. The third kappa shape index (κ3) is 2.23. The van der Waals surface area contributed by atoms with Gasteiger partial charge in [0.15, 0.2) is 0 Å². The van der Waals surface area contributed by atoms with E-state index in [0.717, 1.165) is 12.8 Å². The zero-order valence-electron chi connectivity index (χ0n) is 10.7. The molecule has 0 spiro atoms. The first-order chi connectivity index (χ1) is 9.59. The molecule has 6 heteroatoms. The van der Waals surface area contributed by atoms with Gasteiger partial charge in [-0.3, -0.25) is 9.59 Å². The van der Waals surface area contributed by atoms with Crippen LogP contribution in [0.3, 0.4) is 0 Å². The highest BCUT2D eigenvalue weighted by atomic mass is 79.9. The molecular formula is C14H14BrClN2O2.